The highest BCUT2D eigenvalue weighted by atomic mass is 16.6. The van der Waals surface area contributed by atoms with Crippen LogP contribution in [0.3, 0.4) is 0 Å². The molecule has 0 radical (unpaired) electrons. The minimum absolute atomic E-state index is 0.0238. The molecule has 0 atom stereocenters. The molecular formula is C42H48N6O6. The first-order chi connectivity index (χ1) is 26.4. The second-order valence-electron chi connectivity index (χ2n) is 14.4. The molecule has 12 heteroatoms. The summed E-state index contributed by atoms with van der Waals surface area (Å²) in [6.07, 6.45) is 15.4. The van der Waals surface area contributed by atoms with E-state index in [0.717, 1.165) is 77.0 Å². The largest absolute Gasteiger partial charge is 0.459 e. The topological polar surface area (TPSA) is 154 Å². The molecule has 7 rings (SSSR count). The van der Waals surface area contributed by atoms with Crippen molar-refractivity contribution in [3.8, 4) is 0 Å². The number of esters is 3. The number of rotatable bonds is 12. The summed E-state index contributed by atoms with van der Waals surface area (Å²) in [6.45, 7) is 0. The molecule has 282 valence electrons. The molecule has 0 aliphatic heterocycles. The quantitative estimate of drug-likeness (QED) is 0.0939. The van der Waals surface area contributed by atoms with E-state index in [1.54, 1.807) is 72.8 Å². The third-order valence-corrected chi connectivity index (χ3v) is 10.2. The molecule has 4 aromatic rings. The molecule has 0 unspecified atom stereocenters. The second-order valence-corrected chi connectivity index (χ2v) is 14.4. The fourth-order valence-electron chi connectivity index (χ4n) is 7.21. The Morgan fingerprint density at radius 3 is 0.870 bits per heavy atom. The van der Waals surface area contributed by atoms with Crippen molar-refractivity contribution in [2.24, 2.45) is 0 Å². The highest BCUT2D eigenvalue weighted by Gasteiger charge is 2.21. The Hall–Kier alpha value is -5.52. The van der Waals surface area contributed by atoms with Gasteiger partial charge in [-0.25, -0.2) is 14.4 Å². The Labute approximate surface area is 315 Å². The van der Waals surface area contributed by atoms with E-state index in [0.29, 0.717) is 33.8 Å². The van der Waals surface area contributed by atoms with Crippen LogP contribution in [0.15, 0.2) is 72.8 Å². The van der Waals surface area contributed by atoms with Crippen molar-refractivity contribution < 1.29 is 28.6 Å². The summed E-state index contributed by atoms with van der Waals surface area (Å²) < 4.78 is 17.2. The molecule has 3 aliphatic rings. The zero-order chi connectivity index (χ0) is 37.1. The van der Waals surface area contributed by atoms with Gasteiger partial charge in [0.15, 0.2) is 0 Å². The molecule has 3 aliphatic carbocycles. The SMILES string of the molecule is O=C(OC1CCCCC1)c1ccc(Nc2nc(Nc3ccc(C(=O)OC4CCCCC4)cc3)nc(Nc3ccc(C(=O)OC4CCCCC4)cc3)n2)cc1. The Morgan fingerprint density at radius 1 is 0.389 bits per heavy atom. The van der Waals surface area contributed by atoms with E-state index in [9.17, 15) is 14.4 Å². The van der Waals surface area contributed by atoms with Crippen molar-refractivity contribution >= 4 is 52.8 Å². The lowest BCUT2D eigenvalue weighted by molar-refractivity contribution is 0.0202. The molecule has 1 heterocycles. The first kappa shape index (κ1) is 36.8. The number of ether oxygens (including phenoxy) is 3. The van der Waals surface area contributed by atoms with Gasteiger partial charge in [-0.1, -0.05) is 19.3 Å². The van der Waals surface area contributed by atoms with Crippen molar-refractivity contribution in [3.63, 3.8) is 0 Å². The van der Waals surface area contributed by atoms with Crippen LogP contribution < -0.4 is 16.0 Å². The molecule has 0 amide bonds. The van der Waals surface area contributed by atoms with Crippen molar-refractivity contribution in [3.05, 3.63) is 89.5 Å². The van der Waals surface area contributed by atoms with Gasteiger partial charge in [0.25, 0.3) is 0 Å². The van der Waals surface area contributed by atoms with Crippen LogP contribution in [-0.4, -0.2) is 51.2 Å². The molecule has 0 saturated heterocycles. The van der Waals surface area contributed by atoms with Crippen LogP contribution in [0.2, 0.25) is 0 Å². The molecule has 1 aromatic heterocycles. The number of hydrogen-bond acceptors (Lipinski definition) is 12. The van der Waals surface area contributed by atoms with Crippen LogP contribution in [-0.2, 0) is 14.2 Å². The van der Waals surface area contributed by atoms with Crippen LogP contribution >= 0.6 is 0 Å². The van der Waals surface area contributed by atoms with Gasteiger partial charge in [-0.2, -0.15) is 15.0 Å². The van der Waals surface area contributed by atoms with Gasteiger partial charge in [0, 0.05) is 17.1 Å². The Bertz CT molecular complexity index is 1640. The van der Waals surface area contributed by atoms with Crippen molar-refractivity contribution in [1.82, 2.24) is 15.0 Å². The first-order valence-corrected chi connectivity index (χ1v) is 19.4. The average molecular weight is 733 g/mol. The minimum Gasteiger partial charge on any atom is -0.459 e. The summed E-state index contributed by atoms with van der Waals surface area (Å²) in [5.74, 6) is -0.247. The zero-order valence-electron chi connectivity index (χ0n) is 30.6. The molecule has 54 heavy (non-hydrogen) atoms. The molecular weight excluding hydrogens is 684 g/mol. The zero-order valence-corrected chi connectivity index (χ0v) is 30.6. The highest BCUT2D eigenvalue weighted by Crippen LogP contribution is 2.26. The van der Waals surface area contributed by atoms with E-state index < -0.39 is 0 Å². The van der Waals surface area contributed by atoms with Crippen molar-refractivity contribution in [2.45, 2.75) is 115 Å². The number of benzene rings is 3. The normalized spacial score (nSPS) is 16.9. The Balaban J connectivity index is 1.05. The van der Waals surface area contributed by atoms with E-state index in [-0.39, 0.29) is 54.1 Å². The van der Waals surface area contributed by atoms with Gasteiger partial charge >= 0.3 is 17.9 Å². The van der Waals surface area contributed by atoms with E-state index in [1.807, 2.05) is 0 Å². The minimum atomic E-state index is -0.326. The third-order valence-electron chi connectivity index (χ3n) is 10.2. The van der Waals surface area contributed by atoms with Gasteiger partial charge in [0.2, 0.25) is 17.8 Å². The lowest BCUT2D eigenvalue weighted by Gasteiger charge is -2.21. The number of hydrogen-bond donors (Lipinski definition) is 3. The van der Waals surface area contributed by atoms with Gasteiger partial charge in [-0.3, -0.25) is 0 Å². The van der Waals surface area contributed by atoms with Crippen LogP contribution in [0.4, 0.5) is 34.9 Å². The van der Waals surface area contributed by atoms with Gasteiger partial charge in [0.1, 0.15) is 18.3 Å². The maximum Gasteiger partial charge on any atom is 0.338 e. The molecule has 12 nitrogen and oxygen atoms in total. The lowest BCUT2D eigenvalue weighted by atomic mass is 9.98. The summed E-state index contributed by atoms with van der Waals surface area (Å²) in [6, 6.07) is 21.0. The van der Waals surface area contributed by atoms with Gasteiger partial charge in [-0.05, 0) is 150 Å². The fourth-order valence-corrected chi connectivity index (χ4v) is 7.21. The van der Waals surface area contributed by atoms with E-state index >= 15 is 0 Å². The molecule has 0 spiro atoms. The fraction of sp³-hybridized carbons (Fsp3) is 0.429. The van der Waals surface area contributed by atoms with Gasteiger partial charge in [-0.15, -0.1) is 0 Å². The van der Waals surface area contributed by atoms with E-state index in [4.69, 9.17) is 14.2 Å². The standard InChI is InChI=1S/C42H48N6O6/c49-37(52-34-10-4-1-5-11-34)28-16-22-31(23-17-28)43-40-46-41(44-32-24-18-29(19-25-32)38(50)53-35-12-6-2-7-13-35)48-42(47-40)45-33-26-20-30(21-27-33)39(51)54-36-14-8-3-9-15-36/h16-27,34-36H,1-15H2,(H3,43,44,45,46,47,48). The predicted octanol–water partition coefficient (Wildman–Crippen LogP) is 9.57. The third kappa shape index (κ3) is 10.3. The van der Waals surface area contributed by atoms with Gasteiger partial charge in [0.05, 0.1) is 16.7 Å². The molecule has 0 bridgehead atoms. The summed E-state index contributed by atoms with van der Waals surface area (Å²) in [7, 11) is 0. The number of aromatic nitrogens is 3. The first-order valence-electron chi connectivity index (χ1n) is 19.4. The molecule has 3 fully saturated rings. The van der Waals surface area contributed by atoms with Crippen LogP contribution in [0.5, 0.6) is 0 Å². The summed E-state index contributed by atoms with van der Waals surface area (Å²) in [4.78, 5) is 52.1. The summed E-state index contributed by atoms with van der Waals surface area (Å²) >= 11 is 0. The number of nitrogens with one attached hydrogen (secondary N) is 3. The number of anilines is 6. The Morgan fingerprint density at radius 2 is 0.630 bits per heavy atom. The molecule has 3 aromatic carbocycles. The van der Waals surface area contributed by atoms with Gasteiger partial charge < -0.3 is 30.2 Å². The summed E-state index contributed by atoms with van der Waals surface area (Å²) in [5, 5.41) is 9.64. The molecule has 3 N–H and O–H groups in total. The van der Waals surface area contributed by atoms with Crippen LogP contribution in [0.25, 0.3) is 0 Å². The monoisotopic (exact) mass is 732 g/mol. The van der Waals surface area contributed by atoms with Crippen molar-refractivity contribution in [1.29, 1.82) is 0 Å². The van der Waals surface area contributed by atoms with E-state index in [2.05, 4.69) is 30.9 Å². The number of carbonyl (C=O) groups is 3. The number of carbonyl (C=O) groups excluding carboxylic acids is 3. The maximum atomic E-state index is 12.8. The highest BCUT2D eigenvalue weighted by molar-refractivity contribution is 5.91. The predicted molar refractivity (Wildman–Crippen MR) is 206 cm³/mol. The smallest absolute Gasteiger partial charge is 0.338 e. The lowest BCUT2D eigenvalue weighted by Crippen LogP contribution is -2.20. The summed E-state index contributed by atoms with van der Waals surface area (Å²) in [5.41, 5.74) is 3.41. The Kier molecular flexibility index (Phi) is 12.3. The van der Waals surface area contributed by atoms with Crippen molar-refractivity contribution in [2.75, 3.05) is 16.0 Å². The maximum absolute atomic E-state index is 12.8. The number of nitrogens with zero attached hydrogens (tertiary/aromatic N) is 3. The van der Waals surface area contributed by atoms with Crippen LogP contribution in [0.1, 0.15) is 127 Å². The average Bonchev–Trinajstić information content (AvgIpc) is 3.20. The van der Waals surface area contributed by atoms with E-state index in [1.165, 1.54) is 19.3 Å². The molecule has 3 saturated carbocycles. The van der Waals surface area contributed by atoms with Crippen LogP contribution in [0, 0.1) is 0 Å². The second kappa shape index (κ2) is 18.0.